The molecule has 1 aliphatic carbocycles. The Bertz CT molecular complexity index is 634. The van der Waals surface area contributed by atoms with Crippen LogP contribution in [0.5, 0.6) is 0 Å². The van der Waals surface area contributed by atoms with Gasteiger partial charge in [0.05, 0.1) is 5.69 Å². The highest BCUT2D eigenvalue weighted by atomic mass is 35.5. The van der Waals surface area contributed by atoms with E-state index in [0.29, 0.717) is 5.69 Å². The van der Waals surface area contributed by atoms with Crippen molar-refractivity contribution in [3.05, 3.63) is 64.4 Å². The minimum atomic E-state index is -0.263. The first-order valence-electron chi connectivity index (χ1n) is 5.85. The van der Waals surface area contributed by atoms with Gasteiger partial charge in [0.1, 0.15) is 5.82 Å². The van der Waals surface area contributed by atoms with Crippen molar-refractivity contribution in [2.75, 3.05) is 0 Å². The Balaban J connectivity index is 2.04. The van der Waals surface area contributed by atoms with Crippen LogP contribution in [0.4, 0.5) is 10.1 Å². The Kier molecular flexibility index (Phi) is 2.88. The van der Waals surface area contributed by atoms with Crippen LogP contribution in [0.2, 0.25) is 5.02 Å². The minimum absolute atomic E-state index is 0.263. The third-order valence-electron chi connectivity index (χ3n) is 3.11. The van der Waals surface area contributed by atoms with Crippen LogP contribution in [0.3, 0.4) is 0 Å². The van der Waals surface area contributed by atoms with Crippen LogP contribution in [0, 0.1) is 5.82 Å². The summed E-state index contributed by atoms with van der Waals surface area (Å²) in [5.41, 5.74) is 3.87. The van der Waals surface area contributed by atoms with Gasteiger partial charge in [-0.3, -0.25) is 4.99 Å². The molecule has 0 spiro atoms. The Morgan fingerprint density at radius 2 is 1.89 bits per heavy atom. The standard InChI is InChI=1S/C15H11ClFN/c16-14-6-2-5-13-12(14)7-8-15(13)18-11-4-1-3-10(17)9-11/h1-6,9H,7-8H2. The van der Waals surface area contributed by atoms with E-state index in [9.17, 15) is 4.39 Å². The zero-order valence-corrected chi connectivity index (χ0v) is 10.4. The van der Waals surface area contributed by atoms with Gasteiger partial charge < -0.3 is 0 Å². The third-order valence-corrected chi connectivity index (χ3v) is 3.47. The van der Waals surface area contributed by atoms with E-state index in [4.69, 9.17) is 11.6 Å². The lowest BCUT2D eigenvalue weighted by molar-refractivity contribution is 0.628. The van der Waals surface area contributed by atoms with E-state index < -0.39 is 0 Å². The second-order valence-electron chi connectivity index (χ2n) is 4.30. The predicted molar refractivity (Wildman–Crippen MR) is 72.4 cm³/mol. The zero-order valence-electron chi connectivity index (χ0n) is 9.66. The van der Waals surface area contributed by atoms with Crippen LogP contribution in [0.1, 0.15) is 17.5 Å². The topological polar surface area (TPSA) is 12.4 Å². The van der Waals surface area contributed by atoms with Crippen LogP contribution in [0.25, 0.3) is 0 Å². The lowest BCUT2D eigenvalue weighted by atomic mass is 10.1. The SMILES string of the molecule is Fc1cccc(N=C2CCc3c(Cl)cccc32)c1. The average Bonchev–Trinajstić information content (AvgIpc) is 2.74. The van der Waals surface area contributed by atoms with Crippen molar-refractivity contribution >= 4 is 23.0 Å². The van der Waals surface area contributed by atoms with Crippen molar-refractivity contribution in [2.24, 2.45) is 4.99 Å². The summed E-state index contributed by atoms with van der Waals surface area (Å²) >= 11 is 6.15. The molecule has 1 nitrogen and oxygen atoms in total. The van der Waals surface area contributed by atoms with E-state index in [-0.39, 0.29) is 5.82 Å². The van der Waals surface area contributed by atoms with E-state index in [0.717, 1.165) is 34.7 Å². The molecule has 0 bridgehead atoms. The normalized spacial score (nSPS) is 16.0. The van der Waals surface area contributed by atoms with Gasteiger partial charge in [0.2, 0.25) is 0 Å². The molecule has 3 heteroatoms. The Morgan fingerprint density at radius 3 is 2.72 bits per heavy atom. The lowest BCUT2D eigenvalue weighted by Crippen LogP contribution is -1.93. The molecule has 0 N–H and O–H groups in total. The maximum atomic E-state index is 13.1. The van der Waals surface area contributed by atoms with Crippen LogP contribution in [-0.4, -0.2) is 5.71 Å². The number of rotatable bonds is 1. The van der Waals surface area contributed by atoms with Crippen LogP contribution in [0.15, 0.2) is 47.5 Å². The van der Waals surface area contributed by atoms with E-state index in [2.05, 4.69) is 4.99 Å². The smallest absolute Gasteiger partial charge is 0.125 e. The van der Waals surface area contributed by atoms with Gasteiger partial charge in [-0.05, 0) is 42.7 Å². The average molecular weight is 260 g/mol. The molecule has 0 radical (unpaired) electrons. The maximum absolute atomic E-state index is 13.1. The molecule has 90 valence electrons. The fourth-order valence-electron chi connectivity index (χ4n) is 2.28. The molecule has 0 saturated heterocycles. The maximum Gasteiger partial charge on any atom is 0.125 e. The number of halogens is 2. The van der Waals surface area contributed by atoms with Crippen LogP contribution < -0.4 is 0 Å². The molecule has 18 heavy (non-hydrogen) atoms. The van der Waals surface area contributed by atoms with E-state index in [1.54, 1.807) is 12.1 Å². The van der Waals surface area contributed by atoms with Gasteiger partial charge in [0.15, 0.2) is 0 Å². The highest BCUT2D eigenvalue weighted by Crippen LogP contribution is 2.30. The highest BCUT2D eigenvalue weighted by molar-refractivity contribution is 6.32. The molecule has 0 fully saturated rings. The molecular weight excluding hydrogens is 249 g/mol. The largest absolute Gasteiger partial charge is 0.253 e. The van der Waals surface area contributed by atoms with Gasteiger partial charge >= 0.3 is 0 Å². The van der Waals surface area contributed by atoms with Crippen molar-refractivity contribution < 1.29 is 4.39 Å². The quantitative estimate of drug-likeness (QED) is 0.713. The Labute approximate surface area is 110 Å². The number of hydrogen-bond acceptors (Lipinski definition) is 1. The second kappa shape index (κ2) is 4.54. The number of fused-ring (bicyclic) bond motifs is 1. The highest BCUT2D eigenvalue weighted by Gasteiger charge is 2.19. The third kappa shape index (κ3) is 2.04. The summed E-state index contributed by atoms with van der Waals surface area (Å²) in [6.07, 6.45) is 1.76. The first-order valence-corrected chi connectivity index (χ1v) is 6.23. The van der Waals surface area contributed by atoms with Crippen LogP contribution >= 0.6 is 11.6 Å². The zero-order chi connectivity index (χ0) is 12.5. The van der Waals surface area contributed by atoms with Crippen molar-refractivity contribution in [1.29, 1.82) is 0 Å². The number of benzene rings is 2. The monoisotopic (exact) mass is 259 g/mol. The van der Waals surface area contributed by atoms with Gasteiger partial charge in [0, 0.05) is 16.3 Å². The fourth-order valence-corrected chi connectivity index (χ4v) is 2.55. The lowest BCUT2D eigenvalue weighted by Gasteiger charge is -2.02. The van der Waals surface area contributed by atoms with Gasteiger partial charge in [-0.15, -0.1) is 0 Å². The van der Waals surface area contributed by atoms with E-state index in [1.165, 1.54) is 12.1 Å². The number of hydrogen-bond donors (Lipinski definition) is 0. The molecule has 3 rings (SSSR count). The molecule has 0 aromatic heterocycles. The molecule has 1 aliphatic rings. The van der Waals surface area contributed by atoms with Crippen molar-refractivity contribution in [2.45, 2.75) is 12.8 Å². The minimum Gasteiger partial charge on any atom is -0.253 e. The summed E-state index contributed by atoms with van der Waals surface area (Å²) < 4.78 is 13.1. The second-order valence-corrected chi connectivity index (χ2v) is 4.71. The summed E-state index contributed by atoms with van der Waals surface area (Å²) in [6, 6.07) is 12.2. The molecule has 0 heterocycles. The fraction of sp³-hybridized carbons (Fsp3) is 0.133. The Morgan fingerprint density at radius 1 is 1.06 bits per heavy atom. The Hall–Kier alpha value is -1.67. The number of aliphatic imine (C=N–C) groups is 1. The van der Waals surface area contributed by atoms with E-state index in [1.807, 2.05) is 18.2 Å². The molecule has 2 aromatic carbocycles. The van der Waals surface area contributed by atoms with E-state index >= 15 is 0 Å². The summed E-state index contributed by atoms with van der Waals surface area (Å²) in [7, 11) is 0. The molecule has 0 amide bonds. The van der Waals surface area contributed by atoms with Crippen molar-refractivity contribution in [3.8, 4) is 0 Å². The molecular formula is C15H11ClFN. The van der Waals surface area contributed by atoms with Crippen LogP contribution in [-0.2, 0) is 6.42 Å². The summed E-state index contributed by atoms with van der Waals surface area (Å²) in [6.45, 7) is 0. The first kappa shape index (κ1) is 11.4. The van der Waals surface area contributed by atoms with Gasteiger partial charge in [-0.25, -0.2) is 4.39 Å². The molecule has 0 atom stereocenters. The molecule has 0 saturated carbocycles. The number of nitrogens with zero attached hydrogens (tertiary/aromatic N) is 1. The summed E-state index contributed by atoms with van der Waals surface area (Å²) in [4.78, 5) is 4.52. The molecule has 2 aromatic rings. The predicted octanol–water partition coefficient (Wildman–Crippen LogP) is 4.55. The summed E-state index contributed by atoms with van der Waals surface area (Å²) in [5, 5.41) is 0.789. The van der Waals surface area contributed by atoms with Gasteiger partial charge in [-0.2, -0.15) is 0 Å². The summed E-state index contributed by atoms with van der Waals surface area (Å²) in [5.74, 6) is -0.263. The first-order chi connectivity index (χ1) is 8.74. The molecule has 0 unspecified atom stereocenters. The van der Waals surface area contributed by atoms with Gasteiger partial charge in [-0.1, -0.05) is 29.8 Å². The van der Waals surface area contributed by atoms with Gasteiger partial charge in [0.25, 0.3) is 0 Å². The molecule has 0 aliphatic heterocycles. The van der Waals surface area contributed by atoms with Crippen molar-refractivity contribution in [3.63, 3.8) is 0 Å². The van der Waals surface area contributed by atoms with Crippen molar-refractivity contribution in [1.82, 2.24) is 0 Å².